The van der Waals surface area contributed by atoms with Gasteiger partial charge in [0.15, 0.2) is 0 Å². The van der Waals surface area contributed by atoms with Crippen LogP contribution in [0, 0.1) is 5.92 Å². The predicted octanol–water partition coefficient (Wildman–Crippen LogP) is 0.733. The molecule has 1 aliphatic carbocycles. The number of hydrogen-bond donors (Lipinski definition) is 6. The molecule has 6 unspecified atom stereocenters. The van der Waals surface area contributed by atoms with Gasteiger partial charge in [0, 0.05) is 31.6 Å². The SMILES string of the molecule is NCCCCC(NC(=O)C(NC(=O)C(Cc1ccccc1)NC(=O)C(N)Cc1ccccc1)C1CCCCC1)C(=O)N1C2CC1CN(CC(N)=O)C2. The summed E-state index contributed by atoms with van der Waals surface area (Å²) in [6.45, 7) is 1.73. The number of carbonyl (C=O) groups excluding carboxylic acids is 5. The number of amides is 5. The van der Waals surface area contributed by atoms with Crippen molar-refractivity contribution in [3.63, 3.8) is 0 Å². The van der Waals surface area contributed by atoms with E-state index in [2.05, 4.69) is 16.0 Å². The summed E-state index contributed by atoms with van der Waals surface area (Å²) < 4.78 is 0. The monoisotopic (exact) mass is 716 g/mol. The second-order valence-corrected chi connectivity index (χ2v) is 14.7. The molecule has 52 heavy (non-hydrogen) atoms. The first-order valence-corrected chi connectivity index (χ1v) is 18.9. The molecule has 2 bridgehead atoms. The number of unbranched alkanes of at least 4 members (excludes halogenated alkanes) is 1. The molecular formula is C39H56N8O5. The molecule has 0 spiro atoms. The van der Waals surface area contributed by atoms with Crippen LogP contribution in [-0.4, -0.2) is 102 Å². The molecular weight excluding hydrogens is 660 g/mol. The van der Waals surface area contributed by atoms with Crippen LogP contribution >= 0.6 is 0 Å². The predicted molar refractivity (Wildman–Crippen MR) is 198 cm³/mol. The zero-order valence-electron chi connectivity index (χ0n) is 30.1. The van der Waals surface area contributed by atoms with Crippen molar-refractivity contribution in [1.29, 1.82) is 0 Å². The zero-order valence-corrected chi connectivity index (χ0v) is 30.1. The Labute approximate surface area is 306 Å². The number of nitrogens with zero attached hydrogens (tertiary/aromatic N) is 2. The molecule has 2 saturated heterocycles. The van der Waals surface area contributed by atoms with Crippen molar-refractivity contribution in [3.05, 3.63) is 71.8 Å². The van der Waals surface area contributed by atoms with Crippen LogP contribution < -0.4 is 33.2 Å². The number of likely N-dealkylation sites (tertiary alicyclic amines) is 2. The minimum Gasteiger partial charge on any atom is -0.369 e. The van der Waals surface area contributed by atoms with Crippen molar-refractivity contribution >= 4 is 29.5 Å². The Morgan fingerprint density at radius 2 is 1.33 bits per heavy atom. The van der Waals surface area contributed by atoms with E-state index >= 15 is 0 Å². The summed E-state index contributed by atoms with van der Waals surface area (Å²) in [7, 11) is 0. The largest absolute Gasteiger partial charge is 0.369 e. The van der Waals surface area contributed by atoms with Crippen LogP contribution in [0.4, 0.5) is 0 Å². The standard InChI is InChI=1S/C39H56N8O5/c40-19-11-10-18-32(39(52)47-29-22-30(47)24-46(23-29)25-34(42)48)43-38(51)35(28-16-8-3-9-17-28)45-37(50)33(21-27-14-6-2-7-15-27)44-36(49)31(41)20-26-12-4-1-5-13-26/h1-2,4-7,12-15,28-33,35H,3,8-11,16-25,40-41H2,(H2,42,48)(H,43,51)(H,44,49)(H,45,50). The first kappa shape index (κ1) is 38.9. The second-order valence-electron chi connectivity index (χ2n) is 14.7. The van der Waals surface area contributed by atoms with E-state index in [9.17, 15) is 24.0 Å². The lowest BCUT2D eigenvalue weighted by atomic mass is 9.83. The summed E-state index contributed by atoms with van der Waals surface area (Å²) in [5.41, 5.74) is 19.3. The number of benzene rings is 2. The van der Waals surface area contributed by atoms with E-state index in [1.807, 2.05) is 70.5 Å². The second kappa shape index (κ2) is 19.0. The van der Waals surface area contributed by atoms with Gasteiger partial charge in [-0.05, 0) is 68.5 Å². The van der Waals surface area contributed by atoms with Gasteiger partial charge in [0.2, 0.25) is 29.5 Å². The van der Waals surface area contributed by atoms with Gasteiger partial charge in [-0.2, -0.15) is 0 Å². The smallest absolute Gasteiger partial charge is 0.245 e. The topological polar surface area (TPSA) is 206 Å². The highest BCUT2D eigenvalue weighted by Gasteiger charge is 2.49. The van der Waals surface area contributed by atoms with E-state index in [0.29, 0.717) is 45.3 Å². The number of primary amides is 1. The fraction of sp³-hybridized carbons (Fsp3) is 0.564. The fourth-order valence-electron chi connectivity index (χ4n) is 8.02. The third-order valence-corrected chi connectivity index (χ3v) is 10.7. The molecule has 5 amide bonds. The Balaban J connectivity index is 1.31. The molecule has 0 radical (unpaired) electrons. The number of nitrogens with one attached hydrogen (secondary N) is 3. The van der Waals surface area contributed by atoms with Crippen molar-refractivity contribution in [2.24, 2.45) is 23.1 Å². The highest BCUT2D eigenvalue weighted by Crippen LogP contribution is 2.33. The first-order valence-electron chi connectivity index (χ1n) is 18.9. The van der Waals surface area contributed by atoms with Gasteiger partial charge in [-0.25, -0.2) is 0 Å². The lowest BCUT2D eigenvalue weighted by molar-refractivity contribution is -0.158. The van der Waals surface area contributed by atoms with Gasteiger partial charge in [0.25, 0.3) is 0 Å². The molecule has 282 valence electrons. The van der Waals surface area contributed by atoms with Crippen LogP contribution in [-0.2, 0) is 36.8 Å². The normalized spacial score (nSPS) is 21.2. The number of piperidine rings is 1. The van der Waals surface area contributed by atoms with E-state index in [4.69, 9.17) is 17.2 Å². The minimum absolute atomic E-state index is 0.0519. The quantitative estimate of drug-likeness (QED) is 0.121. The average Bonchev–Trinajstić information content (AvgIpc) is 3.13. The van der Waals surface area contributed by atoms with Crippen molar-refractivity contribution in [3.8, 4) is 0 Å². The Kier molecular flexibility index (Phi) is 14.2. The lowest BCUT2D eigenvalue weighted by Gasteiger charge is -2.57. The van der Waals surface area contributed by atoms with E-state index in [0.717, 1.165) is 49.7 Å². The minimum atomic E-state index is -0.985. The molecule has 1 saturated carbocycles. The third kappa shape index (κ3) is 10.6. The van der Waals surface area contributed by atoms with Crippen LogP contribution in [0.5, 0.6) is 0 Å². The molecule has 2 heterocycles. The van der Waals surface area contributed by atoms with Crippen molar-refractivity contribution in [1.82, 2.24) is 25.8 Å². The van der Waals surface area contributed by atoms with Crippen LogP contribution in [0.3, 0.4) is 0 Å². The van der Waals surface area contributed by atoms with E-state index in [1.165, 1.54) is 0 Å². The fourth-order valence-corrected chi connectivity index (χ4v) is 8.02. The van der Waals surface area contributed by atoms with Crippen LogP contribution in [0.2, 0.25) is 0 Å². The molecule has 13 nitrogen and oxygen atoms in total. The summed E-state index contributed by atoms with van der Waals surface area (Å²) in [4.78, 5) is 71.3. The summed E-state index contributed by atoms with van der Waals surface area (Å²) in [6.07, 6.45) is 7.56. The number of hydrogen-bond acceptors (Lipinski definition) is 8. The number of rotatable bonds is 18. The van der Waals surface area contributed by atoms with E-state index in [-0.39, 0.29) is 36.9 Å². The molecule has 0 aromatic heterocycles. The molecule has 2 aromatic carbocycles. The van der Waals surface area contributed by atoms with Gasteiger partial charge in [-0.3, -0.25) is 28.9 Å². The molecule has 9 N–H and O–H groups in total. The summed E-state index contributed by atoms with van der Waals surface area (Å²) >= 11 is 0. The first-order chi connectivity index (χ1) is 25.1. The van der Waals surface area contributed by atoms with Crippen LogP contribution in [0.1, 0.15) is 68.9 Å². The molecule has 2 aromatic rings. The van der Waals surface area contributed by atoms with Gasteiger partial charge >= 0.3 is 0 Å². The van der Waals surface area contributed by atoms with Crippen LogP contribution in [0.15, 0.2) is 60.7 Å². The summed E-state index contributed by atoms with van der Waals surface area (Å²) in [6, 6.07) is 15.2. The maximum absolute atomic E-state index is 14.3. The van der Waals surface area contributed by atoms with Gasteiger partial charge in [-0.15, -0.1) is 0 Å². The van der Waals surface area contributed by atoms with E-state index in [1.54, 1.807) is 0 Å². The maximum Gasteiger partial charge on any atom is 0.245 e. The van der Waals surface area contributed by atoms with Crippen LogP contribution in [0.25, 0.3) is 0 Å². The lowest BCUT2D eigenvalue weighted by Crippen LogP contribution is -2.73. The molecule has 3 fully saturated rings. The molecule has 2 aliphatic heterocycles. The Morgan fingerprint density at radius 3 is 1.92 bits per heavy atom. The maximum atomic E-state index is 14.3. The Hall–Kier alpha value is -4.33. The zero-order chi connectivity index (χ0) is 37.0. The third-order valence-electron chi connectivity index (χ3n) is 10.7. The molecule has 6 atom stereocenters. The highest BCUT2D eigenvalue weighted by molar-refractivity contribution is 5.95. The average molecular weight is 717 g/mol. The van der Waals surface area contributed by atoms with Gasteiger partial charge in [0.1, 0.15) is 18.1 Å². The van der Waals surface area contributed by atoms with E-state index < -0.39 is 47.8 Å². The van der Waals surface area contributed by atoms with Crippen molar-refractivity contribution < 1.29 is 24.0 Å². The van der Waals surface area contributed by atoms with Crippen molar-refractivity contribution in [2.75, 3.05) is 26.2 Å². The molecule has 3 aliphatic rings. The number of nitrogens with two attached hydrogens (primary N) is 3. The summed E-state index contributed by atoms with van der Waals surface area (Å²) in [5.74, 6) is -2.02. The number of piperazine rings is 1. The Morgan fingerprint density at radius 1 is 0.731 bits per heavy atom. The number of carbonyl (C=O) groups is 5. The molecule has 13 heteroatoms. The summed E-state index contributed by atoms with van der Waals surface area (Å²) in [5, 5.41) is 8.97. The van der Waals surface area contributed by atoms with Crippen molar-refractivity contribution in [2.45, 2.75) is 107 Å². The van der Waals surface area contributed by atoms with Gasteiger partial charge in [-0.1, -0.05) is 79.9 Å². The number of fused-ring (bicyclic) bond motifs is 2. The van der Waals surface area contributed by atoms with Gasteiger partial charge in [0.05, 0.1) is 12.6 Å². The Bertz CT molecular complexity index is 1490. The molecule has 5 rings (SSSR count). The highest BCUT2D eigenvalue weighted by atomic mass is 16.2. The van der Waals surface area contributed by atoms with Gasteiger partial charge < -0.3 is 38.1 Å².